The number of imidazole rings is 1. The second kappa shape index (κ2) is 14.5. The van der Waals surface area contributed by atoms with Gasteiger partial charge in [-0.15, -0.1) is 0 Å². The molecule has 8 N–H and O–H groups in total. The van der Waals surface area contributed by atoms with E-state index in [2.05, 4.69) is 28.3 Å². The number of hydrogen-bond donors (Lipinski definition) is 6. The quantitative estimate of drug-likeness (QED) is 0.0672. The van der Waals surface area contributed by atoms with Crippen molar-refractivity contribution >= 4 is 50.1 Å². The number of rotatable bonds is 12. The second-order valence-electron chi connectivity index (χ2n) is 11.3. The highest BCUT2D eigenvalue weighted by molar-refractivity contribution is 7.59. The molecule has 24 heteroatoms. The Morgan fingerprint density at radius 3 is 2.24 bits per heavy atom. The van der Waals surface area contributed by atoms with Crippen molar-refractivity contribution in [2.24, 2.45) is 5.73 Å². The number of anilines is 1. The van der Waals surface area contributed by atoms with Crippen LogP contribution in [0.5, 0.6) is 0 Å². The van der Waals surface area contributed by atoms with Crippen LogP contribution in [-0.4, -0.2) is 95.7 Å². The number of carbonyl (C=O) groups excluding carboxylic acids is 1. The smallest absolute Gasteiger partial charge is 0.292 e. The summed E-state index contributed by atoms with van der Waals surface area (Å²) in [7, 11) is -11.5. The molecule has 1 aromatic carbocycles. The van der Waals surface area contributed by atoms with Gasteiger partial charge in [-0.05, 0) is 30.3 Å². The van der Waals surface area contributed by atoms with Crippen LogP contribution in [-0.2, 0) is 32.0 Å². The van der Waals surface area contributed by atoms with E-state index in [1.54, 1.807) is 24.3 Å². The molecule has 21 nitrogen and oxygen atoms in total. The van der Waals surface area contributed by atoms with E-state index in [0.717, 1.165) is 6.33 Å². The standard InChI is InChI=1S/C27H30ClN7O14P2/c28-14-5-3-12(4-6-14)24-33-17-22(29)31-11-32-25(17)35(24)27-21(39)19(37)16(48-27)10-46-51(43,44)49-50(41,42)45-9-15-18(36)20(38)26(47-15)34-7-1-2-13(8-34)23(30)40/h1-8,11,15-16,18-21,26-27,36-39H,9-10H2,(H5-,29,30,31,32,40,41,42,43,44)/p-1/t15-,16-,18-,19-,20-,21-,26-,27-/m1/s1. The fraction of sp³-hybridized carbons (Fsp3) is 0.370. The van der Waals surface area contributed by atoms with Crippen molar-refractivity contribution in [1.82, 2.24) is 19.5 Å². The van der Waals surface area contributed by atoms with Crippen LogP contribution in [0.3, 0.4) is 0 Å². The number of nitrogens with zero attached hydrogens (tertiary/aromatic N) is 5. The van der Waals surface area contributed by atoms with Crippen molar-refractivity contribution in [2.75, 3.05) is 18.9 Å². The first-order chi connectivity index (χ1) is 24.0. The summed E-state index contributed by atoms with van der Waals surface area (Å²) in [5.41, 5.74) is 12.0. The maximum atomic E-state index is 12.5. The van der Waals surface area contributed by atoms with Gasteiger partial charge in [-0.2, -0.15) is 4.57 Å². The summed E-state index contributed by atoms with van der Waals surface area (Å²) < 4.78 is 52.1. The monoisotopic (exact) mass is 772 g/mol. The number of phosphoric ester groups is 2. The van der Waals surface area contributed by atoms with Crippen LogP contribution in [0.2, 0.25) is 5.02 Å². The molecular weight excluding hydrogens is 744 g/mol. The Bertz CT molecular complexity index is 2030. The van der Waals surface area contributed by atoms with Gasteiger partial charge in [0.2, 0.25) is 0 Å². The number of aliphatic hydroxyl groups is 4. The summed E-state index contributed by atoms with van der Waals surface area (Å²) in [6.07, 6.45) is -8.91. The molecule has 2 aliphatic heterocycles. The highest BCUT2D eigenvalue weighted by atomic mass is 35.5. The highest BCUT2D eigenvalue weighted by Crippen LogP contribution is 2.56. The number of nitrogens with two attached hydrogens (primary N) is 2. The zero-order chi connectivity index (χ0) is 36.8. The summed E-state index contributed by atoms with van der Waals surface area (Å²) in [6.45, 7) is -2.04. The molecule has 5 heterocycles. The van der Waals surface area contributed by atoms with Crippen LogP contribution in [0.1, 0.15) is 22.8 Å². The molecule has 10 atom stereocenters. The highest BCUT2D eigenvalue weighted by Gasteiger charge is 2.49. The maximum Gasteiger partial charge on any atom is 0.292 e. The first-order valence-electron chi connectivity index (χ1n) is 14.8. The Morgan fingerprint density at radius 2 is 1.59 bits per heavy atom. The molecule has 0 saturated carbocycles. The minimum Gasteiger partial charge on any atom is -0.756 e. The minimum atomic E-state index is -5.76. The number of nitrogen functional groups attached to an aromatic ring is 1. The number of primary amides is 1. The molecular formula is C27H29ClN7O14P2-. The minimum absolute atomic E-state index is 0.00513. The average Bonchev–Trinajstić information content (AvgIpc) is 3.70. The van der Waals surface area contributed by atoms with Gasteiger partial charge in [-0.3, -0.25) is 18.5 Å². The molecule has 2 unspecified atom stereocenters. The van der Waals surface area contributed by atoms with E-state index >= 15 is 0 Å². The largest absolute Gasteiger partial charge is 0.756 e. The summed E-state index contributed by atoms with van der Waals surface area (Å²) in [5.74, 6) is -0.622. The molecule has 2 saturated heterocycles. The first kappa shape index (κ1) is 37.3. The normalized spacial score (nSPS) is 28.8. The molecule has 4 aromatic rings. The zero-order valence-electron chi connectivity index (χ0n) is 25.8. The molecule has 0 spiro atoms. The molecule has 274 valence electrons. The fourth-order valence-corrected chi connectivity index (χ4v) is 7.60. The summed E-state index contributed by atoms with van der Waals surface area (Å²) in [4.78, 5) is 49.0. The molecule has 1 amide bonds. The molecule has 3 aromatic heterocycles. The Hall–Kier alpha value is -3.50. The van der Waals surface area contributed by atoms with Crippen molar-refractivity contribution in [3.8, 4) is 11.4 Å². The Kier molecular flexibility index (Phi) is 10.6. The van der Waals surface area contributed by atoms with Crippen molar-refractivity contribution < 1.29 is 71.5 Å². The second-order valence-corrected chi connectivity index (χ2v) is 14.7. The van der Waals surface area contributed by atoms with Gasteiger partial charge in [-0.25, -0.2) is 19.3 Å². The zero-order valence-corrected chi connectivity index (χ0v) is 28.3. The van der Waals surface area contributed by atoms with Crippen molar-refractivity contribution in [2.45, 2.75) is 49.1 Å². The van der Waals surface area contributed by atoms with E-state index in [1.807, 2.05) is 0 Å². The predicted octanol–water partition coefficient (Wildman–Crippen LogP) is -1.96. The maximum absolute atomic E-state index is 12.5. The van der Waals surface area contributed by atoms with Gasteiger partial charge in [0.05, 0.1) is 13.2 Å². The van der Waals surface area contributed by atoms with Crippen LogP contribution >= 0.6 is 27.2 Å². The van der Waals surface area contributed by atoms with Gasteiger partial charge in [0.25, 0.3) is 27.8 Å². The number of phosphoric acid groups is 2. The third kappa shape index (κ3) is 7.82. The molecule has 2 aliphatic rings. The van der Waals surface area contributed by atoms with Crippen LogP contribution in [0.25, 0.3) is 22.6 Å². The fourth-order valence-electron chi connectivity index (χ4n) is 5.46. The third-order valence-corrected chi connectivity index (χ3v) is 10.7. The number of fused-ring (bicyclic) bond motifs is 1. The van der Waals surface area contributed by atoms with Crippen molar-refractivity contribution in [3.05, 3.63) is 65.7 Å². The molecule has 0 aliphatic carbocycles. The Balaban J connectivity index is 1.10. The Morgan fingerprint density at radius 1 is 0.961 bits per heavy atom. The van der Waals surface area contributed by atoms with Crippen LogP contribution in [0, 0.1) is 0 Å². The number of amides is 1. The lowest BCUT2D eigenvalue weighted by Crippen LogP contribution is -2.46. The number of pyridine rings is 1. The van der Waals surface area contributed by atoms with Gasteiger partial charge in [0.1, 0.15) is 48.2 Å². The predicted molar refractivity (Wildman–Crippen MR) is 165 cm³/mol. The topological polar surface area (TPSA) is 324 Å². The van der Waals surface area contributed by atoms with Crippen LogP contribution in [0.4, 0.5) is 5.82 Å². The number of ether oxygens (including phenoxy) is 2. The van der Waals surface area contributed by atoms with Gasteiger partial charge < -0.3 is 60.2 Å². The third-order valence-electron chi connectivity index (χ3n) is 7.93. The molecule has 6 rings (SSSR count). The average molecular weight is 773 g/mol. The lowest BCUT2D eigenvalue weighted by atomic mass is 10.1. The van der Waals surface area contributed by atoms with Gasteiger partial charge >= 0.3 is 0 Å². The lowest BCUT2D eigenvalue weighted by molar-refractivity contribution is -0.765. The Labute approximate surface area is 291 Å². The molecule has 0 radical (unpaired) electrons. The molecule has 51 heavy (non-hydrogen) atoms. The molecule has 2 fully saturated rings. The number of carbonyl (C=O) groups is 1. The van der Waals surface area contributed by atoms with Crippen LogP contribution < -0.4 is 25.8 Å². The molecule has 0 bridgehead atoms. The number of aromatic nitrogens is 5. The number of halogens is 1. The van der Waals surface area contributed by atoms with Crippen molar-refractivity contribution in [1.29, 1.82) is 0 Å². The summed E-state index contributed by atoms with van der Waals surface area (Å²) >= 11 is 6.02. The van der Waals surface area contributed by atoms with Gasteiger partial charge in [-0.1, -0.05) is 11.6 Å². The summed E-state index contributed by atoms with van der Waals surface area (Å²) in [5, 5.41) is 43.0. The van der Waals surface area contributed by atoms with E-state index in [4.69, 9.17) is 32.5 Å². The summed E-state index contributed by atoms with van der Waals surface area (Å²) in [6, 6.07) is 9.17. The van der Waals surface area contributed by atoms with E-state index < -0.39 is 83.8 Å². The first-order valence-corrected chi connectivity index (χ1v) is 18.1. The van der Waals surface area contributed by atoms with Crippen LogP contribution in [0.15, 0.2) is 55.1 Å². The van der Waals surface area contributed by atoms with E-state index in [9.17, 15) is 44.1 Å². The van der Waals surface area contributed by atoms with Gasteiger partial charge in [0.15, 0.2) is 41.7 Å². The van der Waals surface area contributed by atoms with E-state index in [-0.39, 0.29) is 28.4 Å². The van der Waals surface area contributed by atoms with E-state index in [0.29, 0.717) is 10.6 Å². The number of aliphatic hydroxyl groups excluding tert-OH is 4. The number of benzene rings is 1. The number of hydrogen-bond acceptors (Lipinski definition) is 18. The van der Waals surface area contributed by atoms with Crippen molar-refractivity contribution in [3.63, 3.8) is 0 Å². The van der Waals surface area contributed by atoms with E-state index in [1.165, 1.54) is 33.7 Å². The SMILES string of the molecule is NC(=O)c1ccc[n+]([C@@H]2O[C@H](COP(=O)([O-])OP(=O)([O-])OC[C@H]3O[C@@H](n4c(-c5ccc(Cl)cc5)nc5c(N)ncnc54)[C@H](O)[C@@H]3O)[C@@H](O)[C@H]2O)c1. The lowest BCUT2D eigenvalue weighted by Gasteiger charge is -2.31. The van der Waals surface area contributed by atoms with Gasteiger partial charge in [0, 0.05) is 16.7 Å².